The summed E-state index contributed by atoms with van der Waals surface area (Å²) in [5.74, 6) is -0.336. The van der Waals surface area contributed by atoms with Gasteiger partial charge in [0.05, 0.1) is 28.1 Å². The topological polar surface area (TPSA) is 108 Å². The van der Waals surface area contributed by atoms with E-state index in [-0.39, 0.29) is 16.6 Å². The Labute approximate surface area is 149 Å². The van der Waals surface area contributed by atoms with Gasteiger partial charge in [0.15, 0.2) is 0 Å². The van der Waals surface area contributed by atoms with Crippen molar-refractivity contribution in [1.82, 2.24) is 0 Å². The largest absolute Gasteiger partial charge is 0.374 e. The number of amides is 1. The molecule has 8 heteroatoms. The minimum Gasteiger partial charge on any atom is -0.374 e. The first-order valence-corrected chi connectivity index (χ1v) is 7.75. The van der Waals surface area contributed by atoms with Crippen LogP contribution in [0, 0.1) is 21.4 Å². The zero-order valence-corrected chi connectivity index (χ0v) is 14.1. The molecule has 7 nitrogen and oxygen atoms in total. The number of carbonyl (C=O) groups excluding carboxylic acids is 1. The number of halogens is 1. The van der Waals surface area contributed by atoms with E-state index in [1.54, 1.807) is 19.1 Å². The highest BCUT2D eigenvalue weighted by Gasteiger charge is 2.16. The summed E-state index contributed by atoms with van der Waals surface area (Å²) in [6, 6.07) is 12.5. The molecule has 0 fully saturated rings. The third kappa shape index (κ3) is 4.93. The number of hydrogen-bond acceptors (Lipinski definition) is 5. The van der Waals surface area contributed by atoms with Crippen molar-refractivity contribution in [2.45, 2.75) is 19.4 Å². The van der Waals surface area contributed by atoms with Gasteiger partial charge in [-0.15, -0.1) is 0 Å². The molecule has 1 amide bonds. The van der Waals surface area contributed by atoms with Crippen LogP contribution in [0.4, 0.5) is 17.1 Å². The Bertz CT molecular complexity index is 831. The Morgan fingerprint density at radius 2 is 2.00 bits per heavy atom. The molecule has 1 atom stereocenters. The third-order valence-corrected chi connectivity index (χ3v) is 3.75. The number of rotatable bonds is 6. The summed E-state index contributed by atoms with van der Waals surface area (Å²) in [7, 11) is 0. The van der Waals surface area contributed by atoms with Gasteiger partial charge in [-0.3, -0.25) is 14.9 Å². The average Bonchev–Trinajstić information content (AvgIpc) is 2.58. The molecule has 0 aliphatic heterocycles. The predicted molar refractivity (Wildman–Crippen MR) is 95.6 cm³/mol. The van der Waals surface area contributed by atoms with Gasteiger partial charge >= 0.3 is 0 Å². The number of hydrogen-bond donors (Lipinski definition) is 2. The van der Waals surface area contributed by atoms with Gasteiger partial charge in [0.1, 0.15) is 6.04 Å². The van der Waals surface area contributed by atoms with Crippen molar-refractivity contribution in [3.8, 4) is 6.07 Å². The van der Waals surface area contributed by atoms with Crippen molar-refractivity contribution in [2.75, 3.05) is 10.6 Å². The van der Waals surface area contributed by atoms with Crippen molar-refractivity contribution < 1.29 is 9.72 Å². The van der Waals surface area contributed by atoms with Gasteiger partial charge in [-0.25, -0.2) is 0 Å². The smallest absolute Gasteiger partial charge is 0.271 e. The molecule has 128 valence electrons. The maximum Gasteiger partial charge on any atom is 0.271 e. The van der Waals surface area contributed by atoms with Crippen molar-refractivity contribution in [2.24, 2.45) is 0 Å². The van der Waals surface area contributed by atoms with E-state index in [9.17, 15) is 14.9 Å². The van der Waals surface area contributed by atoms with Crippen LogP contribution in [0.15, 0.2) is 42.5 Å². The molecule has 0 bridgehead atoms. The second-order valence-electron chi connectivity index (χ2n) is 5.31. The van der Waals surface area contributed by atoms with Crippen LogP contribution < -0.4 is 10.6 Å². The first kappa shape index (κ1) is 18.2. The van der Waals surface area contributed by atoms with Crippen LogP contribution >= 0.6 is 11.6 Å². The molecular formula is C17H15ClN4O3. The maximum absolute atomic E-state index is 12.2. The van der Waals surface area contributed by atoms with Crippen molar-refractivity contribution in [3.63, 3.8) is 0 Å². The van der Waals surface area contributed by atoms with E-state index < -0.39 is 11.0 Å². The van der Waals surface area contributed by atoms with Crippen molar-refractivity contribution in [3.05, 3.63) is 63.2 Å². The van der Waals surface area contributed by atoms with Crippen molar-refractivity contribution >= 4 is 34.6 Å². The number of anilines is 2. The standard InChI is InChI=1S/C17H15ClN4O3/c1-11(20-13-4-2-12(3-5-13)8-9-19)17(23)21-16-7-6-14(22(24)25)10-15(16)18/h2-7,10-11,20H,8H2,1H3,(H,21,23). The molecule has 1 unspecified atom stereocenters. The van der Waals surface area contributed by atoms with Crippen LogP contribution in [0.25, 0.3) is 0 Å². The van der Waals surface area contributed by atoms with Gasteiger partial charge in [-0.1, -0.05) is 23.7 Å². The lowest BCUT2D eigenvalue weighted by Gasteiger charge is -2.16. The third-order valence-electron chi connectivity index (χ3n) is 3.43. The summed E-state index contributed by atoms with van der Waals surface area (Å²) in [5, 5.41) is 25.1. The van der Waals surface area contributed by atoms with Crippen LogP contribution in [0.3, 0.4) is 0 Å². The lowest BCUT2D eigenvalue weighted by atomic mass is 10.1. The number of nitro groups is 1. The molecule has 2 rings (SSSR count). The van der Waals surface area contributed by atoms with E-state index in [2.05, 4.69) is 16.7 Å². The zero-order chi connectivity index (χ0) is 18.4. The van der Waals surface area contributed by atoms with Gasteiger partial charge in [0.25, 0.3) is 5.69 Å². The minimum absolute atomic E-state index is 0.0932. The van der Waals surface area contributed by atoms with Gasteiger partial charge in [0, 0.05) is 17.8 Å². The fraction of sp³-hybridized carbons (Fsp3) is 0.176. The molecule has 0 saturated carbocycles. The summed E-state index contributed by atoms with van der Waals surface area (Å²) in [5.41, 5.74) is 1.78. The number of non-ortho nitro benzene ring substituents is 1. The highest BCUT2D eigenvalue weighted by atomic mass is 35.5. The quantitative estimate of drug-likeness (QED) is 0.603. The van der Waals surface area contributed by atoms with Gasteiger partial charge in [-0.05, 0) is 30.7 Å². The van der Waals surface area contributed by atoms with E-state index in [0.29, 0.717) is 12.1 Å². The van der Waals surface area contributed by atoms with E-state index in [1.807, 2.05) is 12.1 Å². The Kier molecular flexibility index (Phi) is 5.93. The van der Waals surface area contributed by atoms with E-state index in [1.165, 1.54) is 18.2 Å². The first-order valence-electron chi connectivity index (χ1n) is 7.38. The molecule has 2 N–H and O–H groups in total. The molecule has 0 aliphatic rings. The lowest BCUT2D eigenvalue weighted by molar-refractivity contribution is -0.384. The fourth-order valence-corrected chi connectivity index (χ4v) is 2.31. The summed E-state index contributed by atoms with van der Waals surface area (Å²) in [6.45, 7) is 1.68. The maximum atomic E-state index is 12.2. The van der Waals surface area contributed by atoms with E-state index in [0.717, 1.165) is 11.3 Å². The summed E-state index contributed by atoms with van der Waals surface area (Å²) in [4.78, 5) is 22.4. The summed E-state index contributed by atoms with van der Waals surface area (Å²) >= 11 is 5.96. The first-order chi connectivity index (χ1) is 11.9. The molecule has 2 aromatic carbocycles. The van der Waals surface area contributed by atoms with Crippen LogP contribution in [0.2, 0.25) is 5.02 Å². The minimum atomic E-state index is -0.562. The predicted octanol–water partition coefficient (Wildman–Crippen LogP) is 3.75. The molecule has 0 aliphatic carbocycles. The number of nitrogens with zero attached hydrogens (tertiary/aromatic N) is 2. The average molecular weight is 359 g/mol. The second kappa shape index (κ2) is 8.13. The molecule has 0 spiro atoms. The molecule has 2 aromatic rings. The van der Waals surface area contributed by atoms with Crippen LogP contribution in [-0.2, 0) is 11.2 Å². The molecule has 0 radical (unpaired) electrons. The number of benzene rings is 2. The normalized spacial score (nSPS) is 11.2. The monoisotopic (exact) mass is 358 g/mol. The molecule has 0 aromatic heterocycles. The zero-order valence-electron chi connectivity index (χ0n) is 13.3. The number of nitro benzene ring substituents is 1. The SMILES string of the molecule is CC(Nc1ccc(CC#N)cc1)C(=O)Nc1ccc([N+](=O)[O-])cc1Cl. The second-order valence-corrected chi connectivity index (χ2v) is 5.72. The lowest BCUT2D eigenvalue weighted by Crippen LogP contribution is -2.31. The fourth-order valence-electron chi connectivity index (χ4n) is 2.09. The highest BCUT2D eigenvalue weighted by molar-refractivity contribution is 6.34. The van der Waals surface area contributed by atoms with Crippen LogP contribution in [-0.4, -0.2) is 16.9 Å². The number of carbonyl (C=O) groups is 1. The summed E-state index contributed by atoms with van der Waals surface area (Å²) in [6.07, 6.45) is 0.328. The molecule has 0 heterocycles. The van der Waals surface area contributed by atoms with Crippen LogP contribution in [0.1, 0.15) is 12.5 Å². The summed E-state index contributed by atoms with van der Waals surface area (Å²) < 4.78 is 0. The van der Waals surface area contributed by atoms with E-state index >= 15 is 0 Å². The number of nitriles is 1. The molecule has 25 heavy (non-hydrogen) atoms. The van der Waals surface area contributed by atoms with E-state index in [4.69, 9.17) is 16.9 Å². The van der Waals surface area contributed by atoms with Gasteiger partial charge < -0.3 is 10.6 Å². The Morgan fingerprint density at radius 1 is 1.32 bits per heavy atom. The Hall–Kier alpha value is -3.11. The Balaban J connectivity index is 2.00. The highest BCUT2D eigenvalue weighted by Crippen LogP contribution is 2.26. The van der Waals surface area contributed by atoms with Crippen molar-refractivity contribution in [1.29, 1.82) is 5.26 Å². The van der Waals surface area contributed by atoms with Gasteiger partial charge in [0.2, 0.25) is 5.91 Å². The molecule has 0 saturated heterocycles. The molecular weight excluding hydrogens is 344 g/mol. The Morgan fingerprint density at radius 3 is 2.56 bits per heavy atom. The van der Waals surface area contributed by atoms with Gasteiger partial charge in [-0.2, -0.15) is 5.26 Å². The van der Waals surface area contributed by atoms with Crippen LogP contribution in [0.5, 0.6) is 0 Å². The number of nitrogens with one attached hydrogen (secondary N) is 2.